The Morgan fingerprint density at radius 2 is 2.03 bits per heavy atom. The molecule has 2 heterocycles. The third-order valence-electron chi connectivity index (χ3n) is 5.11. The molecule has 0 aliphatic carbocycles. The summed E-state index contributed by atoms with van der Waals surface area (Å²) in [6.07, 6.45) is 3.90. The van der Waals surface area contributed by atoms with Crippen LogP contribution in [0.15, 0.2) is 30.6 Å². The number of halogens is 1. The number of benzene rings is 1. The average Bonchev–Trinajstić information content (AvgIpc) is 3.30. The number of carbonyl (C=O) groups excluding carboxylic acids is 1. The molecule has 2 N–H and O–H groups in total. The van der Waals surface area contributed by atoms with Crippen molar-refractivity contribution in [1.29, 1.82) is 0 Å². The summed E-state index contributed by atoms with van der Waals surface area (Å²) in [6.45, 7) is 7.39. The van der Waals surface area contributed by atoms with Crippen LogP contribution >= 0.6 is 12.4 Å². The third kappa shape index (κ3) is 5.42. The molecule has 1 aromatic carbocycles. The van der Waals surface area contributed by atoms with Crippen molar-refractivity contribution in [2.45, 2.75) is 38.8 Å². The first kappa shape index (κ1) is 23.0. The van der Waals surface area contributed by atoms with E-state index in [1.165, 1.54) is 0 Å². The molecule has 7 nitrogen and oxygen atoms in total. The second-order valence-corrected chi connectivity index (χ2v) is 7.63. The van der Waals surface area contributed by atoms with Crippen molar-refractivity contribution in [3.05, 3.63) is 41.7 Å². The topological polar surface area (TPSA) is 77.4 Å². The summed E-state index contributed by atoms with van der Waals surface area (Å²) in [5, 5.41) is 10.7. The van der Waals surface area contributed by atoms with Crippen LogP contribution in [-0.2, 0) is 11.8 Å². The van der Waals surface area contributed by atoms with E-state index in [0.717, 1.165) is 17.7 Å². The molecular weight excluding hydrogens is 392 g/mol. The van der Waals surface area contributed by atoms with Crippen molar-refractivity contribution < 1.29 is 14.3 Å². The molecule has 0 saturated carbocycles. The highest BCUT2D eigenvalue weighted by molar-refractivity contribution is 5.85. The quantitative estimate of drug-likeness (QED) is 0.717. The third-order valence-corrected chi connectivity index (χ3v) is 5.11. The van der Waals surface area contributed by atoms with Gasteiger partial charge in [0.15, 0.2) is 11.5 Å². The van der Waals surface area contributed by atoms with E-state index >= 15 is 0 Å². The maximum Gasteiger partial charge on any atom is 0.225 e. The Bertz CT molecular complexity index is 824. The lowest BCUT2D eigenvalue weighted by atomic mass is 9.90. The van der Waals surface area contributed by atoms with Gasteiger partial charge in [-0.25, -0.2) is 0 Å². The molecule has 0 spiro atoms. The van der Waals surface area contributed by atoms with E-state index in [1.807, 2.05) is 58.4 Å². The number of aryl methyl sites for hydroxylation is 1. The zero-order valence-corrected chi connectivity index (χ0v) is 18.5. The van der Waals surface area contributed by atoms with Gasteiger partial charge in [0, 0.05) is 32.3 Å². The van der Waals surface area contributed by atoms with Gasteiger partial charge in [-0.05, 0) is 44.0 Å². The number of aromatic nitrogens is 2. The molecule has 1 amide bonds. The molecule has 3 rings (SSSR count). The predicted molar refractivity (Wildman–Crippen MR) is 115 cm³/mol. The van der Waals surface area contributed by atoms with Crippen molar-refractivity contribution >= 4 is 18.3 Å². The minimum atomic E-state index is -0.135. The van der Waals surface area contributed by atoms with Gasteiger partial charge in [0.25, 0.3) is 0 Å². The lowest BCUT2D eigenvalue weighted by Gasteiger charge is -2.22. The lowest BCUT2D eigenvalue weighted by molar-refractivity contribution is -0.125. The SMILES string of the molecule is COc1cc(C(C)NC(=O)[C@H]2CNC[C@@H]2c2cnn(C)c2)ccc1OC(C)C.Cl. The Kier molecular flexibility index (Phi) is 7.93. The molecule has 1 aliphatic rings. The zero-order chi connectivity index (χ0) is 20.3. The maximum atomic E-state index is 13.0. The smallest absolute Gasteiger partial charge is 0.225 e. The van der Waals surface area contributed by atoms with Crippen LogP contribution in [0.1, 0.15) is 43.9 Å². The average molecular weight is 423 g/mol. The minimum absolute atomic E-state index is 0. The molecule has 1 saturated heterocycles. The summed E-state index contributed by atoms with van der Waals surface area (Å²) >= 11 is 0. The molecule has 160 valence electrons. The molecule has 0 bridgehead atoms. The maximum absolute atomic E-state index is 13.0. The van der Waals surface area contributed by atoms with Crippen LogP contribution in [0.25, 0.3) is 0 Å². The Balaban J connectivity index is 0.00000300. The Labute approximate surface area is 178 Å². The van der Waals surface area contributed by atoms with E-state index in [1.54, 1.807) is 11.8 Å². The van der Waals surface area contributed by atoms with Crippen molar-refractivity contribution in [1.82, 2.24) is 20.4 Å². The summed E-state index contributed by atoms with van der Waals surface area (Å²) in [6, 6.07) is 5.65. The number of nitrogens with zero attached hydrogens (tertiary/aromatic N) is 2. The number of rotatable bonds is 7. The molecule has 29 heavy (non-hydrogen) atoms. The Morgan fingerprint density at radius 3 is 2.66 bits per heavy atom. The standard InChI is InChI=1S/C21H30N4O3.ClH/c1-13(2)28-19-7-6-15(8-20(19)27-5)14(3)24-21(26)18-11-22-10-17(18)16-9-23-25(4)12-16;/h6-9,12-14,17-18,22H,10-11H2,1-5H3,(H,24,26);1H/t14?,17-,18+;/m1./s1. The first-order valence-corrected chi connectivity index (χ1v) is 9.73. The number of amides is 1. The number of ether oxygens (including phenoxy) is 2. The number of hydrogen-bond donors (Lipinski definition) is 2. The highest BCUT2D eigenvalue weighted by Gasteiger charge is 2.35. The molecule has 8 heteroatoms. The van der Waals surface area contributed by atoms with Gasteiger partial charge in [-0.3, -0.25) is 9.48 Å². The summed E-state index contributed by atoms with van der Waals surface area (Å²) in [5.41, 5.74) is 2.07. The van der Waals surface area contributed by atoms with Crippen LogP contribution in [0.2, 0.25) is 0 Å². The fourth-order valence-corrected chi connectivity index (χ4v) is 3.64. The van der Waals surface area contributed by atoms with E-state index in [-0.39, 0.29) is 42.3 Å². The highest BCUT2D eigenvalue weighted by Crippen LogP contribution is 2.32. The van der Waals surface area contributed by atoms with Gasteiger partial charge in [-0.15, -0.1) is 12.4 Å². The summed E-state index contributed by atoms with van der Waals surface area (Å²) in [5.74, 6) is 1.45. The van der Waals surface area contributed by atoms with Gasteiger partial charge in [0.05, 0.1) is 31.4 Å². The first-order valence-electron chi connectivity index (χ1n) is 9.73. The van der Waals surface area contributed by atoms with Crippen LogP contribution in [0.5, 0.6) is 11.5 Å². The van der Waals surface area contributed by atoms with Crippen LogP contribution in [0, 0.1) is 5.92 Å². The van der Waals surface area contributed by atoms with Crippen molar-refractivity contribution in [2.75, 3.05) is 20.2 Å². The van der Waals surface area contributed by atoms with E-state index in [0.29, 0.717) is 18.0 Å². The van der Waals surface area contributed by atoms with E-state index in [2.05, 4.69) is 15.7 Å². The van der Waals surface area contributed by atoms with Crippen molar-refractivity contribution in [2.24, 2.45) is 13.0 Å². The van der Waals surface area contributed by atoms with Gasteiger partial charge in [0.1, 0.15) is 0 Å². The number of hydrogen-bond acceptors (Lipinski definition) is 5. The van der Waals surface area contributed by atoms with Crippen LogP contribution in [0.4, 0.5) is 0 Å². The van der Waals surface area contributed by atoms with Crippen LogP contribution in [-0.4, -0.2) is 42.0 Å². The van der Waals surface area contributed by atoms with Crippen LogP contribution in [0.3, 0.4) is 0 Å². The van der Waals surface area contributed by atoms with E-state index < -0.39 is 0 Å². The fourth-order valence-electron chi connectivity index (χ4n) is 3.64. The largest absolute Gasteiger partial charge is 0.493 e. The molecule has 1 aromatic heterocycles. The molecule has 1 unspecified atom stereocenters. The summed E-state index contributed by atoms with van der Waals surface area (Å²) < 4.78 is 13.0. The second-order valence-electron chi connectivity index (χ2n) is 7.63. The van der Waals surface area contributed by atoms with Gasteiger partial charge in [-0.2, -0.15) is 5.10 Å². The molecule has 2 aromatic rings. The summed E-state index contributed by atoms with van der Waals surface area (Å²) in [4.78, 5) is 13.0. The number of carbonyl (C=O) groups is 1. The van der Waals surface area contributed by atoms with Gasteiger partial charge >= 0.3 is 0 Å². The molecular formula is C21H31ClN4O3. The molecule has 1 fully saturated rings. The highest BCUT2D eigenvalue weighted by atomic mass is 35.5. The Morgan fingerprint density at radius 1 is 1.28 bits per heavy atom. The Hall–Kier alpha value is -2.25. The van der Waals surface area contributed by atoms with Crippen molar-refractivity contribution in [3.63, 3.8) is 0 Å². The zero-order valence-electron chi connectivity index (χ0n) is 17.6. The lowest BCUT2D eigenvalue weighted by Crippen LogP contribution is -2.36. The fraction of sp³-hybridized carbons (Fsp3) is 0.524. The predicted octanol–water partition coefficient (Wildman–Crippen LogP) is 2.82. The minimum Gasteiger partial charge on any atom is -0.493 e. The molecule has 1 aliphatic heterocycles. The van der Waals surface area contributed by atoms with Gasteiger partial charge in [0.2, 0.25) is 5.91 Å². The first-order chi connectivity index (χ1) is 13.4. The van der Waals surface area contributed by atoms with Gasteiger partial charge in [-0.1, -0.05) is 6.07 Å². The number of methoxy groups -OCH3 is 1. The molecule has 3 atom stereocenters. The number of nitrogens with one attached hydrogen (secondary N) is 2. The van der Waals surface area contributed by atoms with Crippen LogP contribution < -0.4 is 20.1 Å². The second kappa shape index (κ2) is 9.98. The monoisotopic (exact) mass is 422 g/mol. The van der Waals surface area contributed by atoms with E-state index in [9.17, 15) is 4.79 Å². The normalized spacial score (nSPS) is 19.5. The summed E-state index contributed by atoms with van der Waals surface area (Å²) in [7, 11) is 3.52. The van der Waals surface area contributed by atoms with Gasteiger partial charge < -0.3 is 20.1 Å². The van der Waals surface area contributed by atoms with Crippen molar-refractivity contribution in [3.8, 4) is 11.5 Å². The van der Waals surface area contributed by atoms with E-state index in [4.69, 9.17) is 9.47 Å². The molecule has 0 radical (unpaired) electrons.